The number of carbonyl (C=O) groups is 2. The Morgan fingerprint density at radius 1 is 1.56 bits per heavy atom. The van der Waals surface area contributed by atoms with Crippen LogP contribution in [0, 0.1) is 0 Å². The summed E-state index contributed by atoms with van der Waals surface area (Å²) < 4.78 is 1.87. The molecule has 1 heterocycles. The minimum absolute atomic E-state index is 0.0708. The molecule has 1 aromatic rings. The fraction of sp³-hybridized carbons (Fsp3) is 0.600. The number of aromatic nitrogens is 3. The van der Waals surface area contributed by atoms with Crippen molar-refractivity contribution in [3.05, 3.63) is 6.33 Å². The van der Waals surface area contributed by atoms with E-state index >= 15 is 0 Å². The van der Waals surface area contributed by atoms with Crippen molar-refractivity contribution in [3.8, 4) is 0 Å². The van der Waals surface area contributed by atoms with Crippen LogP contribution in [-0.4, -0.2) is 44.0 Å². The number of aliphatic carboxylic acids is 1. The molecular formula is C10H16N4O3S. The van der Waals surface area contributed by atoms with Crippen LogP contribution in [0.2, 0.25) is 0 Å². The number of carboxylic acids is 1. The number of hydrogen-bond acceptors (Lipinski definition) is 5. The van der Waals surface area contributed by atoms with Crippen molar-refractivity contribution in [3.63, 3.8) is 0 Å². The summed E-state index contributed by atoms with van der Waals surface area (Å²) in [4.78, 5) is 21.7. The van der Waals surface area contributed by atoms with Gasteiger partial charge in [-0.2, -0.15) is 0 Å². The molecule has 0 aliphatic rings. The van der Waals surface area contributed by atoms with Crippen LogP contribution >= 0.6 is 11.8 Å². The maximum Gasteiger partial charge on any atom is 0.305 e. The third-order valence-electron chi connectivity index (χ3n) is 2.09. The van der Waals surface area contributed by atoms with Gasteiger partial charge in [-0.05, 0) is 13.8 Å². The SMILES string of the molecule is CC(C)n1cnnc1SCC(=O)NCCC(=O)O. The number of rotatable bonds is 7. The lowest BCUT2D eigenvalue weighted by atomic mass is 10.4. The Kier molecular flexibility index (Phi) is 5.63. The van der Waals surface area contributed by atoms with Gasteiger partial charge in [-0.25, -0.2) is 0 Å². The van der Waals surface area contributed by atoms with Gasteiger partial charge in [0.1, 0.15) is 6.33 Å². The van der Waals surface area contributed by atoms with Gasteiger partial charge < -0.3 is 15.0 Å². The van der Waals surface area contributed by atoms with Gasteiger partial charge in [0.05, 0.1) is 12.2 Å². The first-order valence-electron chi connectivity index (χ1n) is 5.51. The highest BCUT2D eigenvalue weighted by Crippen LogP contribution is 2.18. The van der Waals surface area contributed by atoms with Crippen LogP contribution in [0.4, 0.5) is 0 Å². The minimum atomic E-state index is -0.928. The molecule has 0 spiro atoms. The van der Waals surface area contributed by atoms with Gasteiger partial charge in [-0.1, -0.05) is 11.8 Å². The molecule has 0 unspecified atom stereocenters. The summed E-state index contributed by atoms with van der Waals surface area (Å²) in [5, 5.41) is 19.3. The van der Waals surface area contributed by atoms with Crippen LogP contribution in [0.5, 0.6) is 0 Å². The predicted molar refractivity (Wildman–Crippen MR) is 66.4 cm³/mol. The quantitative estimate of drug-likeness (QED) is 0.703. The molecule has 1 aromatic heterocycles. The molecule has 1 rings (SSSR count). The topological polar surface area (TPSA) is 97.1 Å². The molecule has 0 fully saturated rings. The summed E-state index contributed by atoms with van der Waals surface area (Å²) in [7, 11) is 0. The average molecular weight is 272 g/mol. The predicted octanol–water partition coefficient (Wildman–Crippen LogP) is 0.542. The standard InChI is InChI=1S/C10H16N4O3S/c1-7(2)14-6-12-13-10(14)18-5-8(15)11-4-3-9(16)17/h6-7H,3-5H2,1-2H3,(H,11,15)(H,16,17). The normalized spacial score (nSPS) is 10.6. The zero-order chi connectivity index (χ0) is 13.5. The fourth-order valence-electron chi connectivity index (χ4n) is 1.18. The van der Waals surface area contributed by atoms with Gasteiger partial charge in [0.25, 0.3) is 0 Å². The Hall–Kier alpha value is -1.57. The van der Waals surface area contributed by atoms with Crippen molar-refractivity contribution >= 4 is 23.6 Å². The smallest absolute Gasteiger partial charge is 0.305 e. The van der Waals surface area contributed by atoms with Gasteiger partial charge in [-0.15, -0.1) is 10.2 Å². The Balaban J connectivity index is 2.33. The van der Waals surface area contributed by atoms with Gasteiger partial charge in [0.15, 0.2) is 5.16 Å². The van der Waals surface area contributed by atoms with Crippen LogP contribution in [0.1, 0.15) is 26.3 Å². The first kappa shape index (κ1) is 14.5. The van der Waals surface area contributed by atoms with E-state index in [0.717, 1.165) is 0 Å². The summed E-state index contributed by atoms with van der Waals surface area (Å²) >= 11 is 1.28. The molecule has 18 heavy (non-hydrogen) atoms. The molecule has 0 radical (unpaired) electrons. The molecular weight excluding hydrogens is 256 g/mol. The monoisotopic (exact) mass is 272 g/mol. The highest BCUT2D eigenvalue weighted by molar-refractivity contribution is 7.99. The Bertz CT molecular complexity index is 419. The van der Waals surface area contributed by atoms with E-state index in [2.05, 4.69) is 15.5 Å². The first-order chi connectivity index (χ1) is 8.50. The number of thioether (sulfide) groups is 1. The second-order valence-corrected chi connectivity index (χ2v) is 4.84. The summed E-state index contributed by atoms with van der Waals surface area (Å²) in [6.45, 7) is 4.15. The Morgan fingerprint density at radius 2 is 2.28 bits per heavy atom. The number of nitrogens with zero attached hydrogens (tertiary/aromatic N) is 3. The summed E-state index contributed by atoms with van der Waals surface area (Å²) in [6, 6.07) is 0.234. The van der Waals surface area contributed by atoms with Gasteiger partial charge >= 0.3 is 5.97 Å². The highest BCUT2D eigenvalue weighted by atomic mass is 32.2. The van der Waals surface area contributed by atoms with Crippen molar-refractivity contribution in [2.24, 2.45) is 0 Å². The molecule has 2 N–H and O–H groups in total. The number of hydrogen-bond donors (Lipinski definition) is 2. The van der Waals surface area contributed by atoms with Crippen molar-refractivity contribution in [1.82, 2.24) is 20.1 Å². The second-order valence-electron chi connectivity index (χ2n) is 3.90. The van der Waals surface area contributed by atoms with Crippen molar-refractivity contribution in [2.75, 3.05) is 12.3 Å². The largest absolute Gasteiger partial charge is 0.481 e. The van der Waals surface area contributed by atoms with Crippen LogP contribution in [0.25, 0.3) is 0 Å². The van der Waals surface area contributed by atoms with Gasteiger partial charge in [-0.3, -0.25) is 9.59 Å². The second kappa shape index (κ2) is 7.00. The minimum Gasteiger partial charge on any atom is -0.481 e. The van der Waals surface area contributed by atoms with Crippen molar-refractivity contribution in [1.29, 1.82) is 0 Å². The number of nitrogens with one attached hydrogen (secondary N) is 1. The maximum absolute atomic E-state index is 11.4. The van der Waals surface area contributed by atoms with E-state index in [1.807, 2.05) is 18.4 Å². The molecule has 0 bridgehead atoms. The molecule has 0 saturated heterocycles. The van der Waals surface area contributed by atoms with E-state index < -0.39 is 5.97 Å². The van der Waals surface area contributed by atoms with Crippen molar-refractivity contribution in [2.45, 2.75) is 31.5 Å². The summed E-state index contributed by atoms with van der Waals surface area (Å²) in [5.41, 5.74) is 0. The molecule has 0 aromatic carbocycles. The Labute approximate surface area is 109 Å². The number of carboxylic acid groups (broad SMARTS) is 1. The van der Waals surface area contributed by atoms with E-state index in [1.165, 1.54) is 11.8 Å². The van der Waals surface area contributed by atoms with Gasteiger partial charge in [0.2, 0.25) is 5.91 Å². The molecule has 1 amide bonds. The Morgan fingerprint density at radius 3 is 2.89 bits per heavy atom. The molecule has 0 saturated carbocycles. The van der Waals surface area contributed by atoms with E-state index in [9.17, 15) is 9.59 Å². The lowest BCUT2D eigenvalue weighted by molar-refractivity contribution is -0.136. The zero-order valence-electron chi connectivity index (χ0n) is 10.3. The lowest BCUT2D eigenvalue weighted by Gasteiger charge is -2.09. The number of carbonyl (C=O) groups excluding carboxylic acids is 1. The third-order valence-corrected chi connectivity index (χ3v) is 3.05. The zero-order valence-corrected chi connectivity index (χ0v) is 11.1. The lowest BCUT2D eigenvalue weighted by Crippen LogP contribution is -2.27. The van der Waals surface area contributed by atoms with Crippen LogP contribution in [0.15, 0.2) is 11.5 Å². The molecule has 8 heteroatoms. The van der Waals surface area contributed by atoms with E-state index in [-0.39, 0.29) is 30.7 Å². The van der Waals surface area contributed by atoms with Crippen LogP contribution < -0.4 is 5.32 Å². The van der Waals surface area contributed by atoms with Crippen LogP contribution in [0.3, 0.4) is 0 Å². The molecule has 0 atom stereocenters. The fourth-order valence-corrected chi connectivity index (χ4v) is 2.05. The van der Waals surface area contributed by atoms with Crippen molar-refractivity contribution < 1.29 is 14.7 Å². The molecule has 7 nitrogen and oxygen atoms in total. The molecule has 0 aliphatic carbocycles. The maximum atomic E-state index is 11.4. The summed E-state index contributed by atoms with van der Waals surface area (Å²) in [5.74, 6) is -0.938. The number of amides is 1. The molecule has 100 valence electrons. The van der Waals surface area contributed by atoms with E-state index in [1.54, 1.807) is 6.33 Å². The molecule has 0 aliphatic heterocycles. The summed E-state index contributed by atoms with van der Waals surface area (Å²) in [6.07, 6.45) is 1.55. The third kappa shape index (κ3) is 4.74. The van der Waals surface area contributed by atoms with E-state index in [4.69, 9.17) is 5.11 Å². The average Bonchev–Trinajstić information content (AvgIpc) is 2.74. The van der Waals surface area contributed by atoms with E-state index in [0.29, 0.717) is 5.16 Å². The van der Waals surface area contributed by atoms with Crippen LogP contribution in [-0.2, 0) is 9.59 Å². The first-order valence-corrected chi connectivity index (χ1v) is 6.50. The highest BCUT2D eigenvalue weighted by Gasteiger charge is 2.10. The van der Waals surface area contributed by atoms with Gasteiger partial charge in [0, 0.05) is 12.6 Å².